The van der Waals surface area contributed by atoms with Crippen LogP contribution in [0.15, 0.2) is 59.6 Å². The second-order valence-corrected chi connectivity index (χ2v) is 9.49. The predicted molar refractivity (Wildman–Crippen MR) is 142 cm³/mol. The van der Waals surface area contributed by atoms with Crippen molar-refractivity contribution in [2.45, 2.75) is 30.8 Å². The highest BCUT2D eigenvalue weighted by molar-refractivity contribution is 8.00. The van der Waals surface area contributed by atoms with Gasteiger partial charge in [0.15, 0.2) is 0 Å². The third-order valence-corrected chi connectivity index (χ3v) is 6.94. The van der Waals surface area contributed by atoms with Crippen molar-refractivity contribution in [3.8, 4) is 0 Å². The first-order chi connectivity index (χ1) is 17.7. The zero-order valence-electron chi connectivity index (χ0n) is 20.4. The molecule has 2 heterocycles. The van der Waals surface area contributed by atoms with E-state index in [1.807, 2.05) is 55.5 Å². The molecule has 1 unspecified atom stereocenters. The summed E-state index contributed by atoms with van der Waals surface area (Å²) < 4.78 is 14.7. The van der Waals surface area contributed by atoms with E-state index in [9.17, 15) is 9.59 Å². The number of pyridine rings is 1. The fourth-order valence-electron chi connectivity index (χ4n) is 4.10. The monoisotopic (exact) mass is 508 g/mol. The quantitative estimate of drug-likeness (QED) is 0.204. The van der Waals surface area contributed by atoms with Gasteiger partial charge in [-0.1, -0.05) is 18.2 Å². The number of aryl methyl sites for hydroxylation is 1. The molecular weight excluding hydrogens is 476 g/mol. The van der Waals surface area contributed by atoms with Gasteiger partial charge >= 0.3 is 0 Å². The molecule has 0 spiro atoms. The molecule has 4 rings (SSSR count). The van der Waals surface area contributed by atoms with Gasteiger partial charge in [0.05, 0.1) is 29.7 Å². The van der Waals surface area contributed by atoms with Gasteiger partial charge in [0, 0.05) is 49.1 Å². The number of nitrogens with zero attached hydrogens (tertiary/aromatic N) is 2. The number of fused-ring (bicyclic) bond motifs is 1. The molecule has 2 amide bonds. The van der Waals surface area contributed by atoms with Crippen LogP contribution in [0, 0.1) is 6.92 Å². The lowest BCUT2D eigenvalue weighted by molar-refractivity contribution is -0.109. The SMILES string of the molecule is Cc1cc(C(=O)N(CCNC=O)CCOCC2CCCO2)ccc1NSc1cccc2cccnc12. The van der Waals surface area contributed by atoms with Gasteiger partial charge in [-0.15, -0.1) is 0 Å². The highest BCUT2D eigenvalue weighted by Gasteiger charge is 2.18. The van der Waals surface area contributed by atoms with E-state index in [4.69, 9.17) is 9.47 Å². The van der Waals surface area contributed by atoms with Crippen molar-refractivity contribution in [2.75, 3.05) is 44.2 Å². The minimum absolute atomic E-state index is 0.0935. The maximum absolute atomic E-state index is 13.3. The van der Waals surface area contributed by atoms with Gasteiger partial charge in [0.25, 0.3) is 5.91 Å². The number of hydrogen-bond donors (Lipinski definition) is 2. The van der Waals surface area contributed by atoms with Gasteiger partial charge in [-0.2, -0.15) is 0 Å². The molecule has 8 nitrogen and oxygen atoms in total. The average Bonchev–Trinajstić information content (AvgIpc) is 3.42. The predicted octanol–water partition coefficient (Wildman–Crippen LogP) is 4.05. The molecule has 0 aliphatic carbocycles. The molecule has 0 saturated carbocycles. The highest BCUT2D eigenvalue weighted by Crippen LogP contribution is 2.29. The molecule has 190 valence electrons. The van der Waals surface area contributed by atoms with Crippen LogP contribution in [0.1, 0.15) is 28.8 Å². The number of ether oxygens (including phenoxy) is 2. The van der Waals surface area contributed by atoms with Crippen LogP contribution in [0.3, 0.4) is 0 Å². The topological polar surface area (TPSA) is 92.8 Å². The molecule has 0 bridgehead atoms. The van der Waals surface area contributed by atoms with E-state index in [0.29, 0.717) is 44.8 Å². The summed E-state index contributed by atoms with van der Waals surface area (Å²) in [6, 6.07) is 15.7. The number of amides is 2. The normalized spacial score (nSPS) is 15.1. The molecular formula is C27H32N4O4S. The number of rotatable bonds is 13. The van der Waals surface area contributed by atoms with Crippen LogP contribution in [0.4, 0.5) is 5.69 Å². The Kier molecular flexibility index (Phi) is 9.54. The Hall–Kier alpha value is -3.14. The molecule has 1 aliphatic heterocycles. The van der Waals surface area contributed by atoms with Gasteiger partial charge in [-0.3, -0.25) is 14.6 Å². The number of anilines is 1. The standard InChI is InChI=1S/C27H32N4O4S/c1-20-17-22(9-10-24(20)30-36-25-8-2-5-21-6-3-11-29-26(21)25)27(33)31(13-12-28-19-32)14-16-34-18-23-7-4-15-35-23/h2-3,5-6,8-11,17,19,23,30H,4,7,12-16,18H2,1H3,(H,28,32). The maximum atomic E-state index is 13.3. The minimum Gasteiger partial charge on any atom is -0.377 e. The summed E-state index contributed by atoms with van der Waals surface area (Å²) in [7, 11) is 0. The molecule has 0 radical (unpaired) electrons. The number of hydrogen-bond acceptors (Lipinski definition) is 7. The minimum atomic E-state index is -0.0935. The molecule has 9 heteroatoms. The summed E-state index contributed by atoms with van der Waals surface area (Å²) in [5.41, 5.74) is 3.43. The fraction of sp³-hybridized carbons (Fsp3) is 0.370. The fourth-order valence-corrected chi connectivity index (χ4v) is 4.96. The van der Waals surface area contributed by atoms with Gasteiger partial charge in [-0.05, 0) is 67.6 Å². The Morgan fingerprint density at radius 1 is 1.25 bits per heavy atom. The van der Waals surface area contributed by atoms with Crippen LogP contribution < -0.4 is 10.0 Å². The van der Waals surface area contributed by atoms with Gasteiger partial charge < -0.3 is 24.4 Å². The second kappa shape index (κ2) is 13.2. The van der Waals surface area contributed by atoms with Crippen LogP contribution in [-0.4, -0.2) is 67.8 Å². The van der Waals surface area contributed by atoms with Crippen LogP contribution in [0.25, 0.3) is 10.9 Å². The van der Waals surface area contributed by atoms with E-state index in [2.05, 4.69) is 15.0 Å². The van der Waals surface area contributed by atoms with E-state index in [1.165, 1.54) is 11.9 Å². The first kappa shape index (κ1) is 25.9. The summed E-state index contributed by atoms with van der Waals surface area (Å²) in [6.07, 6.45) is 4.67. The largest absolute Gasteiger partial charge is 0.377 e. The van der Waals surface area contributed by atoms with Gasteiger partial charge in [-0.25, -0.2) is 0 Å². The maximum Gasteiger partial charge on any atom is 0.254 e. The Balaban J connectivity index is 1.37. The lowest BCUT2D eigenvalue weighted by atomic mass is 10.1. The number of carbonyl (C=O) groups is 2. The van der Waals surface area contributed by atoms with Crippen LogP contribution in [0.5, 0.6) is 0 Å². The van der Waals surface area contributed by atoms with Crippen molar-refractivity contribution in [2.24, 2.45) is 0 Å². The van der Waals surface area contributed by atoms with Crippen LogP contribution in [0.2, 0.25) is 0 Å². The van der Waals surface area contributed by atoms with Crippen molar-refractivity contribution in [1.29, 1.82) is 0 Å². The second-order valence-electron chi connectivity index (χ2n) is 8.64. The molecule has 1 saturated heterocycles. The summed E-state index contributed by atoms with van der Waals surface area (Å²) in [6.45, 7) is 4.95. The van der Waals surface area contributed by atoms with E-state index in [-0.39, 0.29) is 12.0 Å². The zero-order valence-corrected chi connectivity index (χ0v) is 21.3. The van der Waals surface area contributed by atoms with Gasteiger partial charge in [0.1, 0.15) is 0 Å². The van der Waals surface area contributed by atoms with Crippen LogP contribution in [-0.2, 0) is 14.3 Å². The molecule has 1 atom stereocenters. The van der Waals surface area contributed by atoms with E-state index in [1.54, 1.807) is 11.1 Å². The van der Waals surface area contributed by atoms with E-state index < -0.39 is 0 Å². The van der Waals surface area contributed by atoms with Crippen molar-refractivity contribution in [3.05, 3.63) is 65.9 Å². The number of carbonyl (C=O) groups excluding carboxylic acids is 2. The molecule has 2 aromatic carbocycles. The van der Waals surface area contributed by atoms with Crippen molar-refractivity contribution in [3.63, 3.8) is 0 Å². The van der Waals surface area contributed by atoms with Crippen molar-refractivity contribution in [1.82, 2.24) is 15.2 Å². The lowest BCUT2D eigenvalue weighted by Gasteiger charge is -2.23. The summed E-state index contributed by atoms with van der Waals surface area (Å²) >= 11 is 1.50. The molecule has 2 N–H and O–H groups in total. The Morgan fingerprint density at radius 2 is 2.14 bits per heavy atom. The summed E-state index contributed by atoms with van der Waals surface area (Å²) in [4.78, 5) is 31.2. The molecule has 1 fully saturated rings. The van der Waals surface area contributed by atoms with E-state index in [0.717, 1.165) is 46.5 Å². The van der Waals surface area contributed by atoms with Gasteiger partial charge in [0.2, 0.25) is 6.41 Å². The van der Waals surface area contributed by atoms with Crippen molar-refractivity contribution < 1.29 is 19.1 Å². The first-order valence-corrected chi connectivity index (χ1v) is 13.0. The first-order valence-electron chi connectivity index (χ1n) is 12.2. The lowest BCUT2D eigenvalue weighted by Crippen LogP contribution is -2.39. The number of para-hydroxylation sites is 1. The number of nitrogens with one attached hydrogen (secondary N) is 2. The Morgan fingerprint density at radius 3 is 2.94 bits per heavy atom. The molecule has 3 aromatic rings. The molecule has 1 aliphatic rings. The Labute approximate surface area is 215 Å². The van der Waals surface area contributed by atoms with Crippen LogP contribution >= 0.6 is 11.9 Å². The molecule has 36 heavy (non-hydrogen) atoms. The smallest absolute Gasteiger partial charge is 0.254 e. The average molecular weight is 509 g/mol. The third kappa shape index (κ3) is 6.96. The summed E-state index contributed by atoms with van der Waals surface area (Å²) in [5.74, 6) is -0.0935. The zero-order chi connectivity index (χ0) is 25.2. The number of aromatic nitrogens is 1. The number of benzene rings is 2. The Bertz CT molecular complexity index is 1160. The van der Waals surface area contributed by atoms with Crippen molar-refractivity contribution >= 4 is 40.9 Å². The third-order valence-electron chi connectivity index (χ3n) is 6.07. The van der Waals surface area contributed by atoms with E-state index >= 15 is 0 Å². The molecule has 1 aromatic heterocycles. The summed E-state index contributed by atoms with van der Waals surface area (Å²) in [5, 5.41) is 3.72. The highest BCUT2D eigenvalue weighted by atomic mass is 32.2.